The highest BCUT2D eigenvalue weighted by Crippen LogP contribution is 2.17. The van der Waals surface area contributed by atoms with Crippen LogP contribution in [0, 0.1) is 0 Å². The smallest absolute Gasteiger partial charge is 0.251 e. The summed E-state index contributed by atoms with van der Waals surface area (Å²) in [6, 6.07) is 18.4. The molecule has 0 aliphatic rings. The molecule has 0 aliphatic carbocycles. The molecule has 2 heterocycles. The lowest BCUT2D eigenvalue weighted by atomic mass is 10.1. The number of tetrazole rings is 1. The first-order valence-corrected chi connectivity index (χ1v) is 9.93. The van der Waals surface area contributed by atoms with Crippen molar-refractivity contribution < 1.29 is 14.3 Å². The Kier molecular flexibility index (Phi) is 6.35. The first-order valence-electron chi connectivity index (χ1n) is 9.93. The Morgan fingerprint density at radius 3 is 2.62 bits per heavy atom. The molecular formula is C23H22N6O3. The molecular weight excluding hydrogens is 408 g/mol. The van der Waals surface area contributed by atoms with E-state index in [4.69, 9.17) is 9.47 Å². The maximum atomic E-state index is 12.6. The van der Waals surface area contributed by atoms with Gasteiger partial charge in [0.15, 0.2) is 0 Å². The van der Waals surface area contributed by atoms with Gasteiger partial charge >= 0.3 is 0 Å². The van der Waals surface area contributed by atoms with Crippen molar-refractivity contribution in [1.82, 2.24) is 30.5 Å². The summed E-state index contributed by atoms with van der Waals surface area (Å²) < 4.78 is 10.3. The molecule has 0 radical (unpaired) electrons. The third-order valence-electron chi connectivity index (χ3n) is 4.78. The zero-order chi connectivity index (χ0) is 22.3. The fraction of sp³-hybridized carbons (Fsp3) is 0.174. The number of ether oxygens (including phenoxy) is 2. The summed E-state index contributed by atoms with van der Waals surface area (Å²) in [4.78, 5) is 18.2. The first-order chi connectivity index (χ1) is 15.6. The van der Waals surface area contributed by atoms with E-state index >= 15 is 0 Å². The number of carbonyl (C=O) groups excluding carboxylic acids is 1. The molecule has 1 amide bonds. The van der Waals surface area contributed by atoms with Crippen LogP contribution in [-0.4, -0.2) is 45.3 Å². The SMILES string of the molecule is COc1ccc(Cn2nnc(-c3cccc(C(=O)NCc4ccnc(OC)c4)c3)n2)cc1. The Morgan fingerprint density at radius 2 is 1.84 bits per heavy atom. The summed E-state index contributed by atoms with van der Waals surface area (Å²) in [5, 5.41) is 15.6. The molecule has 9 heteroatoms. The standard InChI is InChI=1S/C23H22N6O3/c1-31-20-8-6-16(7-9-20)15-29-27-22(26-28-29)18-4-3-5-19(13-18)23(30)25-14-17-10-11-24-21(12-17)32-2/h3-13H,14-15H2,1-2H3,(H,25,30). The predicted octanol–water partition coefficient (Wildman–Crippen LogP) is 2.73. The van der Waals surface area contributed by atoms with Crippen LogP contribution in [0.4, 0.5) is 0 Å². The van der Waals surface area contributed by atoms with Crippen LogP contribution < -0.4 is 14.8 Å². The van der Waals surface area contributed by atoms with Crippen LogP contribution in [0.3, 0.4) is 0 Å². The van der Waals surface area contributed by atoms with E-state index in [1.807, 2.05) is 36.4 Å². The molecule has 2 aromatic heterocycles. The van der Waals surface area contributed by atoms with Gasteiger partial charge in [-0.3, -0.25) is 4.79 Å². The van der Waals surface area contributed by atoms with E-state index in [9.17, 15) is 4.79 Å². The molecule has 0 bridgehead atoms. The van der Waals surface area contributed by atoms with Crippen LogP contribution in [-0.2, 0) is 13.1 Å². The summed E-state index contributed by atoms with van der Waals surface area (Å²) in [6.45, 7) is 0.838. The monoisotopic (exact) mass is 430 g/mol. The van der Waals surface area contributed by atoms with Gasteiger partial charge in [-0.2, -0.15) is 4.80 Å². The summed E-state index contributed by atoms with van der Waals surface area (Å²) in [6.07, 6.45) is 1.64. The minimum absolute atomic E-state index is 0.201. The van der Waals surface area contributed by atoms with E-state index < -0.39 is 0 Å². The summed E-state index contributed by atoms with van der Waals surface area (Å²) in [5.74, 6) is 1.54. The molecule has 4 rings (SSSR count). The van der Waals surface area contributed by atoms with Crippen LogP contribution in [0.1, 0.15) is 21.5 Å². The van der Waals surface area contributed by atoms with Gasteiger partial charge in [-0.15, -0.1) is 10.2 Å². The lowest BCUT2D eigenvalue weighted by molar-refractivity contribution is 0.0951. The molecule has 0 saturated heterocycles. The minimum Gasteiger partial charge on any atom is -0.497 e. The van der Waals surface area contributed by atoms with Crippen LogP contribution in [0.5, 0.6) is 11.6 Å². The van der Waals surface area contributed by atoms with Gasteiger partial charge in [-0.25, -0.2) is 4.98 Å². The fourth-order valence-electron chi connectivity index (χ4n) is 3.08. The molecule has 0 fully saturated rings. The van der Waals surface area contributed by atoms with Crippen molar-refractivity contribution >= 4 is 5.91 Å². The number of carbonyl (C=O) groups is 1. The maximum absolute atomic E-state index is 12.6. The molecule has 32 heavy (non-hydrogen) atoms. The molecule has 2 aromatic carbocycles. The highest BCUT2D eigenvalue weighted by atomic mass is 16.5. The van der Waals surface area contributed by atoms with Gasteiger partial charge in [0, 0.05) is 29.9 Å². The van der Waals surface area contributed by atoms with Crippen molar-refractivity contribution in [2.45, 2.75) is 13.1 Å². The van der Waals surface area contributed by atoms with Crippen LogP contribution >= 0.6 is 0 Å². The molecule has 0 spiro atoms. The average Bonchev–Trinajstić information content (AvgIpc) is 3.31. The number of nitrogens with one attached hydrogen (secondary N) is 1. The maximum Gasteiger partial charge on any atom is 0.251 e. The minimum atomic E-state index is -0.201. The van der Waals surface area contributed by atoms with Crippen molar-refractivity contribution in [1.29, 1.82) is 0 Å². The van der Waals surface area contributed by atoms with Crippen molar-refractivity contribution in [2.75, 3.05) is 14.2 Å². The second kappa shape index (κ2) is 9.69. The van der Waals surface area contributed by atoms with Gasteiger partial charge in [0.1, 0.15) is 5.75 Å². The van der Waals surface area contributed by atoms with E-state index in [-0.39, 0.29) is 5.91 Å². The zero-order valence-corrected chi connectivity index (χ0v) is 17.7. The molecule has 9 nitrogen and oxygen atoms in total. The van der Waals surface area contributed by atoms with Crippen molar-refractivity contribution in [3.05, 3.63) is 83.6 Å². The topological polar surface area (TPSA) is 104 Å². The summed E-state index contributed by atoms with van der Waals surface area (Å²) in [7, 11) is 3.18. The van der Waals surface area contributed by atoms with Gasteiger partial charge in [-0.05, 0) is 46.7 Å². The Bertz CT molecular complexity index is 1210. The number of aromatic nitrogens is 5. The van der Waals surface area contributed by atoms with Crippen molar-refractivity contribution in [3.8, 4) is 23.0 Å². The van der Waals surface area contributed by atoms with Gasteiger partial charge in [0.05, 0.1) is 20.8 Å². The number of nitrogens with zero attached hydrogens (tertiary/aromatic N) is 5. The van der Waals surface area contributed by atoms with Crippen molar-refractivity contribution in [2.24, 2.45) is 0 Å². The molecule has 0 unspecified atom stereocenters. The van der Waals surface area contributed by atoms with Crippen molar-refractivity contribution in [3.63, 3.8) is 0 Å². The number of hydrogen-bond acceptors (Lipinski definition) is 7. The van der Waals surface area contributed by atoms with Crippen LogP contribution in [0.25, 0.3) is 11.4 Å². The third-order valence-corrected chi connectivity index (χ3v) is 4.78. The van der Waals surface area contributed by atoms with Gasteiger partial charge in [-0.1, -0.05) is 24.3 Å². The van der Waals surface area contributed by atoms with Gasteiger partial charge in [0.25, 0.3) is 5.91 Å². The quantitative estimate of drug-likeness (QED) is 0.458. The highest BCUT2D eigenvalue weighted by molar-refractivity contribution is 5.95. The van der Waals surface area contributed by atoms with E-state index in [1.165, 1.54) is 4.80 Å². The average molecular weight is 430 g/mol. The second-order valence-electron chi connectivity index (χ2n) is 6.96. The number of amides is 1. The molecule has 0 atom stereocenters. The molecule has 1 N–H and O–H groups in total. The number of methoxy groups -OCH3 is 2. The number of benzene rings is 2. The largest absolute Gasteiger partial charge is 0.497 e. The first kappa shape index (κ1) is 21.0. The lowest BCUT2D eigenvalue weighted by Crippen LogP contribution is -2.22. The normalized spacial score (nSPS) is 10.6. The van der Waals surface area contributed by atoms with Gasteiger partial charge < -0.3 is 14.8 Å². The van der Waals surface area contributed by atoms with Gasteiger partial charge in [0.2, 0.25) is 11.7 Å². The lowest BCUT2D eigenvalue weighted by Gasteiger charge is -2.07. The Hall–Kier alpha value is -4.27. The van der Waals surface area contributed by atoms with Crippen LogP contribution in [0.15, 0.2) is 66.9 Å². The van der Waals surface area contributed by atoms with E-state index in [2.05, 4.69) is 25.7 Å². The number of hydrogen-bond donors (Lipinski definition) is 1. The Balaban J connectivity index is 1.42. The number of pyridine rings is 1. The molecule has 0 aliphatic heterocycles. The molecule has 0 saturated carbocycles. The summed E-state index contributed by atoms with van der Waals surface area (Å²) >= 11 is 0. The molecule has 4 aromatic rings. The van der Waals surface area contributed by atoms with E-state index in [0.29, 0.717) is 35.9 Å². The van der Waals surface area contributed by atoms with E-state index in [1.54, 1.807) is 44.7 Å². The zero-order valence-electron chi connectivity index (χ0n) is 17.7. The van der Waals surface area contributed by atoms with E-state index in [0.717, 1.165) is 16.9 Å². The summed E-state index contributed by atoms with van der Waals surface area (Å²) in [5.41, 5.74) is 3.14. The van der Waals surface area contributed by atoms with Crippen LogP contribution in [0.2, 0.25) is 0 Å². The predicted molar refractivity (Wildman–Crippen MR) is 117 cm³/mol. The second-order valence-corrected chi connectivity index (χ2v) is 6.96. The number of rotatable bonds is 8. The fourth-order valence-corrected chi connectivity index (χ4v) is 3.08. The third kappa shape index (κ3) is 5.07. The molecule has 162 valence electrons. The highest BCUT2D eigenvalue weighted by Gasteiger charge is 2.11. The Labute approximate surface area is 185 Å². The Morgan fingerprint density at radius 1 is 1.00 bits per heavy atom.